The molecule has 6 nitrogen and oxygen atoms in total. The van der Waals surface area contributed by atoms with Gasteiger partial charge in [-0.1, -0.05) is 18.2 Å². The quantitative estimate of drug-likeness (QED) is 0.787. The number of hydrogen-bond donors (Lipinski definition) is 1. The zero-order chi connectivity index (χ0) is 21.0. The third kappa shape index (κ3) is 5.36. The van der Waals surface area contributed by atoms with E-state index in [1.54, 1.807) is 6.07 Å². The van der Waals surface area contributed by atoms with Gasteiger partial charge in [0, 0.05) is 44.0 Å². The molecular formula is C22H29N3O3S. The SMILES string of the molecule is Cc1cccc(N2CCN(S(=O)(=O)CCNC(=O)c3ccc(C)c(C)c3)CC2)c1. The normalized spacial score (nSPS) is 15.3. The van der Waals surface area contributed by atoms with Gasteiger partial charge in [-0.15, -0.1) is 0 Å². The van der Waals surface area contributed by atoms with E-state index in [0.29, 0.717) is 31.7 Å². The summed E-state index contributed by atoms with van der Waals surface area (Å²) in [4.78, 5) is 14.5. The molecule has 2 aromatic carbocycles. The number of aryl methyl sites for hydroxylation is 3. The summed E-state index contributed by atoms with van der Waals surface area (Å²) < 4.78 is 26.8. The summed E-state index contributed by atoms with van der Waals surface area (Å²) in [7, 11) is -3.40. The molecule has 1 amide bonds. The smallest absolute Gasteiger partial charge is 0.251 e. The summed E-state index contributed by atoms with van der Waals surface area (Å²) in [5.41, 5.74) is 5.03. The second-order valence-corrected chi connectivity index (χ2v) is 9.68. The van der Waals surface area contributed by atoms with Crippen LogP contribution in [0, 0.1) is 20.8 Å². The highest BCUT2D eigenvalue weighted by Crippen LogP contribution is 2.19. The van der Waals surface area contributed by atoms with Crippen LogP contribution in [0.5, 0.6) is 0 Å². The zero-order valence-electron chi connectivity index (χ0n) is 17.3. The Balaban J connectivity index is 1.50. The number of carbonyl (C=O) groups is 1. The van der Waals surface area contributed by atoms with Crippen molar-refractivity contribution in [1.82, 2.24) is 9.62 Å². The Hall–Kier alpha value is -2.38. The summed E-state index contributed by atoms with van der Waals surface area (Å²) in [6, 6.07) is 13.7. The topological polar surface area (TPSA) is 69.7 Å². The van der Waals surface area contributed by atoms with E-state index in [9.17, 15) is 13.2 Å². The Labute approximate surface area is 173 Å². The van der Waals surface area contributed by atoms with Crippen LogP contribution in [0.15, 0.2) is 42.5 Å². The molecule has 1 N–H and O–H groups in total. The molecule has 0 atom stereocenters. The molecule has 1 aliphatic heterocycles. The molecule has 0 bridgehead atoms. The number of nitrogens with zero attached hydrogens (tertiary/aromatic N) is 2. The Morgan fingerprint density at radius 2 is 1.69 bits per heavy atom. The van der Waals surface area contributed by atoms with E-state index in [1.807, 2.05) is 32.0 Å². The lowest BCUT2D eigenvalue weighted by Gasteiger charge is -2.35. The van der Waals surface area contributed by atoms with Crippen LogP contribution in [-0.2, 0) is 10.0 Å². The van der Waals surface area contributed by atoms with Crippen molar-refractivity contribution in [2.75, 3.05) is 43.4 Å². The largest absolute Gasteiger partial charge is 0.369 e. The van der Waals surface area contributed by atoms with E-state index in [2.05, 4.69) is 35.3 Å². The minimum atomic E-state index is -3.40. The van der Waals surface area contributed by atoms with E-state index in [0.717, 1.165) is 16.8 Å². The lowest BCUT2D eigenvalue weighted by Crippen LogP contribution is -2.50. The van der Waals surface area contributed by atoms with E-state index >= 15 is 0 Å². The Morgan fingerprint density at radius 3 is 2.34 bits per heavy atom. The van der Waals surface area contributed by atoms with E-state index in [1.165, 1.54) is 9.87 Å². The number of nitrogens with one attached hydrogen (secondary N) is 1. The zero-order valence-corrected chi connectivity index (χ0v) is 18.1. The highest BCUT2D eigenvalue weighted by atomic mass is 32.2. The molecule has 0 aromatic heterocycles. The Morgan fingerprint density at radius 1 is 0.966 bits per heavy atom. The highest BCUT2D eigenvalue weighted by molar-refractivity contribution is 7.89. The molecule has 3 rings (SSSR count). The van der Waals surface area contributed by atoms with E-state index in [-0.39, 0.29) is 18.2 Å². The van der Waals surface area contributed by atoms with Gasteiger partial charge in [0.25, 0.3) is 5.91 Å². The van der Waals surface area contributed by atoms with Gasteiger partial charge in [-0.05, 0) is 61.7 Å². The predicted molar refractivity (Wildman–Crippen MR) is 117 cm³/mol. The number of hydrogen-bond acceptors (Lipinski definition) is 4. The van der Waals surface area contributed by atoms with E-state index in [4.69, 9.17) is 0 Å². The van der Waals surface area contributed by atoms with Gasteiger partial charge < -0.3 is 10.2 Å². The molecular weight excluding hydrogens is 386 g/mol. The Kier molecular flexibility index (Phi) is 6.59. The number of carbonyl (C=O) groups excluding carboxylic acids is 1. The van der Waals surface area contributed by atoms with Crippen LogP contribution in [0.4, 0.5) is 5.69 Å². The molecule has 0 spiro atoms. The molecule has 0 saturated carbocycles. The number of sulfonamides is 1. The van der Waals surface area contributed by atoms with Crippen LogP contribution in [0.25, 0.3) is 0 Å². The van der Waals surface area contributed by atoms with Gasteiger partial charge in [0.05, 0.1) is 5.75 Å². The van der Waals surface area contributed by atoms with Crippen molar-refractivity contribution in [3.8, 4) is 0 Å². The molecule has 0 aliphatic carbocycles. The van der Waals surface area contributed by atoms with Gasteiger partial charge >= 0.3 is 0 Å². The van der Waals surface area contributed by atoms with Crippen molar-refractivity contribution in [1.29, 1.82) is 0 Å². The van der Waals surface area contributed by atoms with Gasteiger partial charge in [-0.2, -0.15) is 4.31 Å². The maximum Gasteiger partial charge on any atom is 0.251 e. The lowest BCUT2D eigenvalue weighted by molar-refractivity contribution is 0.0956. The molecule has 0 unspecified atom stereocenters. The van der Waals surface area contributed by atoms with E-state index < -0.39 is 10.0 Å². The maximum atomic E-state index is 12.7. The number of anilines is 1. The Bertz CT molecular complexity index is 981. The van der Waals surface area contributed by atoms with Crippen molar-refractivity contribution >= 4 is 21.6 Å². The van der Waals surface area contributed by atoms with Crippen LogP contribution >= 0.6 is 0 Å². The van der Waals surface area contributed by atoms with Gasteiger partial charge in [0.1, 0.15) is 0 Å². The lowest BCUT2D eigenvalue weighted by atomic mass is 10.1. The van der Waals surface area contributed by atoms with Gasteiger partial charge in [0.15, 0.2) is 0 Å². The first kappa shape index (κ1) is 21.3. The third-order valence-electron chi connectivity index (χ3n) is 5.41. The third-order valence-corrected chi connectivity index (χ3v) is 7.29. The number of benzene rings is 2. The van der Waals surface area contributed by atoms with Crippen LogP contribution in [0.3, 0.4) is 0 Å². The molecule has 156 valence electrons. The first-order chi connectivity index (χ1) is 13.8. The minimum Gasteiger partial charge on any atom is -0.369 e. The van der Waals surface area contributed by atoms with Crippen molar-refractivity contribution in [2.45, 2.75) is 20.8 Å². The highest BCUT2D eigenvalue weighted by Gasteiger charge is 2.27. The standard InChI is InChI=1S/C22H29N3O3S/c1-17-5-4-6-21(15-17)24-10-12-25(13-11-24)29(27,28)14-9-23-22(26)20-8-7-18(2)19(3)16-20/h4-8,15-16H,9-14H2,1-3H3,(H,23,26). The monoisotopic (exact) mass is 415 g/mol. The molecule has 2 aromatic rings. The maximum absolute atomic E-state index is 12.7. The van der Waals surface area contributed by atoms with Crippen molar-refractivity contribution in [2.24, 2.45) is 0 Å². The van der Waals surface area contributed by atoms with Crippen molar-refractivity contribution in [3.63, 3.8) is 0 Å². The second kappa shape index (κ2) is 8.97. The second-order valence-electron chi connectivity index (χ2n) is 7.60. The fourth-order valence-corrected chi connectivity index (χ4v) is 4.79. The predicted octanol–water partition coefficient (Wildman–Crippen LogP) is 2.49. The number of amides is 1. The summed E-state index contributed by atoms with van der Waals surface area (Å²) in [5, 5.41) is 2.73. The van der Waals surface area contributed by atoms with Crippen molar-refractivity contribution < 1.29 is 13.2 Å². The van der Waals surface area contributed by atoms with Crippen LogP contribution in [0.1, 0.15) is 27.0 Å². The summed E-state index contributed by atoms with van der Waals surface area (Å²) in [5.74, 6) is -0.332. The first-order valence-electron chi connectivity index (χ1n) is 9.91. The fraction of sp³-hybridized carbons (Fsp3) is 0.409. The molecule has 7 heteroatoms. The average Bonchev–Trinajstić information content (AvgIpc) is 2.70. The van der Waals surface area contributed by atoms with Gasteiger partial charge in [-0.25, -0.2) is 8.42 Å². The van der Waals surface area contributed by atoms with Crippen LogP contribution < -0.4 is 10.2 Å². The van der Waals surface area contributed by atoms with Crippen molar-refractivity contribution in [3.05, 3.63) is 64.7 Å². The van der Waals surface area contributed by atoms with Gasteiger partial charge in [0.2, 0.25) is 10.0 Å². The first-order valence-corrected chi connectivity index (χ1v) is 11.5. The van der Waals surface area contributed by atoms with Crippen LogP contribution in [0.2, 0.25) is 0 Å². The molecule has 1 fully saturated rings. The molecule has 0 radical (unpaired) electrons. The fourth-order valence-electron chi connectivity index (χ4n) is 3.46. The summed E-state index contributed by atoms with van der Waals surface area (Å²) in [6.45, 7) is 8.34. The molecule has 1 heterocycles. The summed E-state index contributed by atoms with van der Waals surface area (Å²) in [6.07, 6.45) is 0. The average molecular weight is 416 g/mol. The summed E-state index contributed by atoms with van der Waals surface area (Å²) >= 11 is 0. The van der Waals surface area contributed by atoms with Gasteiger partial charge in [-0.3, -0.25) is 4.79 Å². The minimum absolute atomic E-state index is 0.0893. The molecule has 29 heavy (non-hydrogen) atoms. The number of rotatable bonds is 6. The molecule has 1 saturated heterocycles. The number of piperazine rings is 1. The van der Waals surface area contributed by atoms with Crippen LogP contribution in [-0.4, -0.2) is 57.1 Å². The molecule has 1 aliphatic rings.